The summed E-state index contributed by atoms with van der Waals surface area (Å²) in [5, 5.41) is 9.75. The number of carboxylic acids is 1. The third-order valence-corrected chi connectivity index (χ3v) is 5.41. The molecule has 0 radical (unpaired) electrons. The molecule has 4 aliphatic carbocycles. The van der Waals surface area contributed by atoms with Gasteiger partial charge < -0.3 is 19.3 Å². The van der Waals surface area contributed by atoms with E-state index in [2.05, 4.69) is 0 Å². The highest BCUT2D eigenvalue weighted by Gasteiger charge is 2.61. The van der Waals surface area contributed by atoms with E-state index in [1.54, 1.807) is 7.11 Å². The van der Waals surface area contributed by atoms with Gasteiger partial charge in [0.05, 0.1) is 24.7 Å². The van der Waals surface area contributed by atoms with Gasteiger partial charge >= 0.3 is 5.97 Å². The van der Waals surface area contributed by atoms with Crippen molar-refractivity contribution in [3.05, 3.63) is 0 Å². The lowest BCUT2D eigenvalue weighted by Gasteiger charge is -2.58. The quantitative estimate of drug-likeness (QED) is 0.571. The summed E-state index contributed by atoms with van der Waals surface area (Å²) >= 11 is 0. The number of hydrogen-bond acceptors (Lipinski definition) is 4. The molecule has 1 N–H and O–H groups in total. The van der Waals surface area contributed by atoms with Gasteiger partial charge in [0.25, 0.3) is 0 Å². The predicted molar refractivity (Wildman–Crippen MR) is 71.2 cm³/mol. The van der Waals surface area contributed by atoms with Crippen molar-refractivity contribution in [2.24, 2.45) is 23.2 Å². The monoisotopic (exact) mass is 284 g/mol. The van der Waals surface area contributed by atoms with Crippen molar-refractivity contribution < 1.29 is 24.1 Å². The smallest absolute Gasteiger partial charge is 0.312 e. The zero-order valence-corrected chi connectivity index (χ0v) is 12.0. The highest BCUT2D eigenvalue weighted by molar-refractivity contribution is 5.76. The van der Waals surface area contributed by atoms with Gasteiger partial charge in [-0.3, -0.25) is 4.79 Å². The van der Waals surface area contributed by atoms with Crippen molar-refractivity contribution in [1.82, 2.24) is 0 Å². The Kier molecular flexibility index (Phi) is 4.02. The molecule has 3 atom stereocenters. The summed E-state index contributed by atoms with van der Waals surface area (Å²) in [6.45, 7) is 1.19. The van der Waals surface area contributed by atoms with Crippen LogP contribution in [0.2, 0.25) is 0 Å². The lowest BCUT2D eigenvalue weighted by Crippen LogP contribution is -2.60. The maximum atomic E-state index is 11.9. The van der Waals surface area contributed by atoms with Crippen LogP contribution in [0, 0.1) is 23.2 Å². The van der Waals surface area contributed by atoms with Crippen LogP contribution in [0.5, 0.6) is 0 Å². The third kappa shape index (κ3) is 2.36. The van der Waals surface area contributed by atoms with Gasteiger partial charge in [-0.2, -0.15) is 0 Å². The summed E-state index contributed by atoms with van der Waals surface area (Å²) in [4.78, 5) is 11.9. The predicted octanol–water partition coefficient (Wildman–Crippen LogP) is 1.90. The Labute approximate surface area is 119 Å². The van der Waals surface area contributed by atoms with Crippen molar-refractivity contribution >= 4 is 5.97 Å². The molecule has 4 bridgehead atoms. The molecule has 114 valence electrons. The van der Waals surface area contributed by atoms with Crippen LogP contribution >= 0.6 is 0 Å². The highest BCUT2D eigenvalue weighted by atomic mass is 16.7. The zero-order valence-electron chi connectivity index (χ0n) is 12.0. The number of methoxy groups -OCH3 is 1. The molecule has 0 saturated heterocycles. The molecule has 0 aromatic carbocycles. The topological polar surface area (TPSA) is 65.0 Å². The van der Waals surface area contributed by atoms with Gasteiger partial charge in [0.15, 0.2) is 0 Å². The molecule has 3 unspecified atom stereocenters. The lowest BCUT2D eigenvalue weighted by molar-refractivity contribution is -0.224. The van der Waals surface area contributed by atoms with Crippen LogP contribution < -0.4 is 0 Å². The minimum absolute atomic E-state index is 0.171. The van der Waals surface area contributed by atoms with E-state index in [4.69, 9.17) is 14.2 Å². The van der Waals surface area contributed by atoms with Gasteiger partial charge in [-0.1, -0.05) is 0 Å². The molecule has 4 saturated carbocycles. The highest BCUT2D eigenvalue weighted by Crippen LogP contribution is 2.61. The fourth-order valence-corrected chi connectivity index (χ4v) is 4.91. The molecular formula is C15H24O5. The fourth-order valence-electron chi connectivity index (χ4n) is 4.91. The number of aliphatic carboxylic acids is 1. The van der Waals surface area contributed by atoms with Crippen molar-refractivity contribution in [1.29, 1.82) is 0 Å². The molecule has 0 aromatic rings. The Bertz CT molecular complexity index is 355. The largest absolute Gasteiger partial charge is 0.481 e. The Morgan fingerprint density at radius 3 is 2.50 bits per heavy atom. The van der Waals surface area contributed by atoms with Gasteiger partial charge in [-0.15, -0.1) is 0 Å². The van der Waals surface area contributed by atoms with Crippen LogP contribution in [0.25, 0.3) is 0 Å². The van der Waals surface area contributed by atoms with E-state index in [0.29, 0.717) is 31.0 Å². The SMILES string of the molecule is COCCOCOC1C2CC3CC(C2)CC1(C(=O)O)C3. The molecule has 0 spiro atoms. The molecule has 0 amide bonds. The second-order valence-electron chi connectivity index (χ2n) is 6.67. The van der Waals surface area contributed by atoms with Gasteiger partial charge in [0, 0.05) is 7.11 Å². The summed E-state index contributed by atoms with van der Waals surface area (Å²) in [6, 6.07) is 0. The van der Waals surface area contributed by atoms with E-state index >= 15 is 0 Å². The summed E-state index contributed by atoms with van der Waals surface area (Å²) in [5.41, 5.74) is -0.653. The molecule has 4 rings (SSSR count). The Morgan fingerprint density at radius 1 is 1.20 bits per heavy atom. The van der Waals surface area contributed by atoms with Gasteiger partial charge in [0.2, 0.25) is 0 Å². The van der Waals surface area contributed by atoms with E-state index < -0.39 is 11.4 Å². The first-order valence-corrected chi connectivity index (χ1v) is 7.57. The minimum atomic E-state index is -0.668. The summed E-state index contributed by atoms with van der Waals surface area (Å²) in [7, 11) is 1.63. The molecule has 5 nitrogen and oxygen atoms in total. The molecule has 0 aromatic heterocycles. The zero-order chi connectivity index (χ0) is 14.2. The first kappa shape index (κ1) is 14.3. The summed E-state index contributed by atoms with van der Waals surface area (Å²) in [6.07, 6.45) is 4.90. The summed E-state index contributed by atoms with van der Waals surface area (Å²) < 4.78 is 16.1. The number of rotatable bonds is 7. The van der Waals surface area contributed by atoms with E-state index in [0.717, 1.165) is 25.7 Å². The molecule has 4 aliphatic rings. The third-order valence-electron chi connectivity index (χ3n) is 5.41. The number of carboxylic acid groups (broad SMARTS) is 1. The van der Waals surface area contributed by atoms with E-state index in [-0.39, 0.29) is 12.9 Å². The van der Waals surface area contributed by atoms with Crippen LogP contribution in [0.15, 0.2) is 0 Å². The standard InChI is InChI=1S/C15H24O5/c1-18-2-3-19-9-20-13-12-5-10-4-11(6-12)8-15(13,7-10)14(16)17/h10-13H,2-9H2,1H3,(H,16,17). The van der Waals surface area contributed by atoms with Gasteiger partial charge in [-0.25, -0.2) is 0 Å². The van der Waals surface area contributed by atoms with Crippen LogP contribution in [-0.2, 0) is 19.0 Å². The van der Waals surface area contributed by atoms with E-state index in [1.165, 1.54) is 6.42 Å². The molecule has 5 heteroatoms. The average Bonchev–Trinajstić information content (AvgIpc) is 2.40. The van der Waals surface area contributed by atoms with Crippen molar-refractivity contribution in [3.8, 4) is 0 Å². The Morgan fingerprint density at radius 2 is 1.90 bits per heavy atom. The van der Waals surface area contributed by atoms with Crippen molar-refractivity contribution in [2.75, 3.05) is 27.1 Å². The molecule has 20 heavy (non-hydrogen) atoms. The second kappa shape index (κ2) is 5.62. The number of carbonyl (C=O) groups is 1. The van der Waals surface area contributed by atoms with Crippen LogP contribution in [-0.4, -0.2) is 44.3 Å². The average molecular weight is 284 g/mol. The minimum Gasteiger partial charge on any atom is -0.481 e. The molecule has 0 heterocycles. The Balaban J connectivity index is 1.64. The van der Waals surface area contributed by atoms with Gasteiger partial charge in [0.1, 0.15) is 6.79 Å². The lowest BCUT2D eigenvalue weighted by atomic mass is 9.48. The first-order valence-electron chi connectivity index (χ1n) is 7.57. The molecule has 0 aliphatic heterocycles. The molecule has 4 fully saturated rings. The number of ether oxygens (including phenoxy) is 3. The maximum absolute atomic E-state index is 11.9. The van der Waals surface area contributed by atoms with E-state index in [1.807, 2.05) is 0 Å². The van der Waals surface area contributed by atoms with Crippen LogP contribution in [0.1, 0.15) is 32.1 Å². The fraction of sp³-hybridized carbons (Fsp3) is 0.933. The normalized spacial score (nSPS) is 42.0. The number of hydrogen-bond donors (Lipinski definition) is 1. The Hall–Kier alpha value is -0.650. The van der Waals surface area contributed by atoms with Crippen molar-refractivity contribution in [2.45, 2.75) is 38.2 Å². The second-order valence-corrected chi connectivity index (χ2v) is 6.67. The van der Waals surface area contributed by atoms with E-state index in [9.17, 15) is 9.90 Å². The summed E-state index contributed by atoms with van der Waals surface area (Å²) in [5.74, 6) is 0.928. The van der Waals surface area contributed by atoms with Crippen LogP contribution in [0.3, 0.4) is 0 Å². The molecular weight excluding hydrogens is 260 g/mol. The van der Waals surface area contributed by atoms with Gasteiger partial charge in [-0.05, 0) is 49.9 Å². The van der Waals surface area contributed by atoms with Crippen molar-refractivity contribution in [3.63, 3.8) is 0 Å². The maximum Gasteiger partial charge on any atom is 0.312 e. The van der Waals surface area contributed by atoms with Crippen LogP contribution in [0.4, 0.5) is 0 Å². The first-order chi connectivity index (χ1) is 9.65.